The molecule has 1 aliphatic carbocycles. The van der Waals surface area contributed by atoms with Crippen LogP contribution in [0.25, 0.3) is 0 Å². The summed E-state index contributed by atoms with van der Waals surface area (Å²) in [5.41, 5.74) is 6.50. The maximum Gasteiger partial charge on any atom is 0.303 e. The Balaban J connectivity index is 2.21. The molecule has 1 unspecified atom stereocenters. The van der Waals surface area contributed by atoms with Crippen LogP contribution < -0.4 is 10.5 Å². The molecule has 1 fully saturated rings. The van der Waals surface area contributed by atoms with E-state index in [1.54, 1.807) is 0 Å². The van der Waals surface area contributed by atoms with Crippen molar-refractivity contribution in [2.45, 2.75) is 44.2 Å². The molecule has 0 aliphatic heterocycles. The van der Waals surface area contributed by atoms with Gasteiger partial charge in [-0.2, -0.15) is 0 Å². The van der Waals surface area contributed by atoms with Crippen molar-refractivity contribution >= 4 is 21.9 Å². The highest BCUT2D eigenvalue weighted by atomic mass is 79.9. The maximum absolute atomic E-state index is 13.5. The average molecular weight is 346 g/mol. The van der Waals surface area contributed by atoms with Gasteiger partial charge in [-0.3, -0.25) is 4.79 Å². The molecular formula is C14H17BrFNO3. The van der Waals surface area contributed by atoms with Gasteiger partial charge in [-0.25, -0.2) is 4.39 Å². The highest BCUT2D eigenvalue weighted by Gasteiger charge is 2.24. The Morgan fingerprint density at radius 3 is 2.80 bits per heavy atom. The lowest BCUT2D eigenvalue weighted by atomic mass is 9.95. The summed E-state index contributed by atoms with van der Waals surface area (Å²) < 4.78 is 19.9. The van der Waals surface area contributed by atoms with Crippen LogP contribution in [-0.4, -0.2) is 17.2 Å². The number of hydrogen-bond donors (Lipinski definition) is 2. The number of carboxylic acid groups (broad SMARTS) is 1. The first kappa shape index (κ1) is 15.3. The number of benzene rings is 1. The Kier molecular flexibility index (Phi) is 4.99. The van der Waals surface area contributed by atoms with Crippen molar-refractivity contribution in [2.24, 2.45) is 5.73 Å². The molecule has 0 radical (unpaired) electrons. The van der Waals surface area contributed by atoms with Crippen LogP contribution in [0.4, 0.5) is 4.39 Å². The van der Waals surface area contributed by atoms with Gasteiger partial charge in [-0.15, -0.1) is 0 Å². The molecule has 1 atom stereocenters. The van der Waals surface area contributed by atoms with Crippen molar-refractivity contribution < 1.29 is 19.0 Å². The lowest BCUT2D eigenvalue weighted by Crippen LogP contribution is -2.26. The predicted octanol–water partition coefficient (Wildman–Crippen LogP) is 3.38. The van der Waals surface area contributed by atoms with Crippen molar-refractivity contribution in [2.75, 3.05) is 0 Å². The van der Waals surface area contributed by atoms with Crippen molar-refractivity contribution in [1.82, 2.24) is 0 Å². The molecule has 110 valence electrons. The molecular weight excluding hydrogens is 329 g/mol. The van der Waals surface area contributed by atoms with Crippen LogP contribution in [0, 0.1) is 5.82 Å². The average Bonchev–Trinajstić information content (AvgIpc) is 2.31. The maximum atomic E-state index is 13.5. The van der Waals surface area contributed by atoms with E-state index in [0.717, 1.165) is 19.3 Å². The van der Waals surface area contributed by atoms with Gasteiger partial charge < -0.3 is 15.6 Å². The molecule has 3 N–H and O–H groups in total. The standard InChI is InChI=1S/C14H17BrFNO3/c15-11-7-8(16)6-10(12(17)4-5-13(18)19)14(11)20-9-2-1-3-9/h6-7,9,12H,1-5,17H2,(H,18,19). The molecule has 2 rings (SSSR count). The number of rotatable bonds is 6. The summed E-state index contributed by atoms with van der Waals surface area (Å²) in [5.74, 6) is -0.801. The van der Waals surface area contributed by atoms with Crippen LogP contribution in [0.15, 0.2) is 16.6 Å². The molecule has 0 aromatic heterocycles. The second-order valence-corrected chi connectivity index (χ2v) is 5.87. The molecule has 1 aliphatic rings. The van der Waals surface area contributed by atoms with E-state index in [9.17, 15) is 9.18 Å². The Labute approximate surface area is 125 Å². The number of halogens is 2. The van der Waals surface area contributed by atoms with Gasteiger partial charge >= 0.3 is 5.97 Å². The van der Waals surface area contributed by atoms with Crippen LogP contribution in [-0.2, 0) is 4.79 Å². The third kappa shape index (κ3) is 3.70. The minimum Gasteiger partial charge on any atom is -0.489 e. The lowest BCUT2D eigenvalue weighted by molar-refractivity contribution is -0.137. The Hall–Kier alpha value is -1.14. The number of ether oxygens (including phenoxy) is 1. The summed E-state index contributed by atoms with van der Waals surface area (Å²) in [6.45, 7) is 0. The van der Waals surface area contributed by atoms with E-state index < -0.39 is 17.8 Å². The second-order valence-electron chi connectivity index (χ2n) is 5.02. The molecule has 0 heterocycles. The number of aliphatic carboxylic acids is 1. The topological polar surface area (TPSA) is 72.6 Å². The normalized spacial score (nSPS) is 16.6. The van der Waals surface area contributed by atoms with E-state index >= 15 is 0 Å². The van der Waals surface area contributed by atoms with Crippen LogP contribution >= 0.6 is 15.9 Å². The minimum absolute atomic E-state index is 0.0574. The van der Waals surface area contributed by atoms with Crippen molar-refractivity contribution in [3.05, 3.63) is 28.0 Å². The zero-order valence-electron chi connectivity index (χ0n) is 10.9. The molecule has 20 heavy (non-hydrogen) atoms. The first-order chi connectivity index (χ1) is 9.47. The third-order valence-electron chi connectivity index (χ3n) is 3.44. The summed E-state index contributed by atoms with van der Waals surface area (Å²) in [7, 11) is 0. The van der Waals surface area contributed by atoms with Crippen molar-refractivity contribution in [1.29, 1.82) is 0 Å². The Morgan fingerprint density at radius 1 is 1.55 bits per heavy atom. The Bertz CT molecular complexity index is 505. The van der Waals surface area contributed by atoms with Crippen molar-refractivity contribution in [3.63, 3.8) is 0 Å². The number of carboxylic acids is 1. The summed E-state index contributed by atoms with van der Waals surface area (Å²) in [6, 6.07) is 2.10. The molecule has 0 saturated heterocycles. The van der Waals surface area contributed by atoms with Gasteiger partial charge in [0.25, 0.3) is 0 Å². The molecule has 6 heteroatoms. The number of nitrogens with two attached hydrogens (primary N) is 1. The summed E-state index contributed by atoms with van der Waals surface area (Å²) in [4.78, 5) is 10.6. The molecule has 0 bridgehead atoms. The minimum atomic E-state index is -0.919. The first-order valence-corrected chi connectivity index (χ1v) is 7.39. The monoisotopic (exact) mass is 345 g/mol. The number of carbonyl (C=O) groups is 1. The molecule has 1 aromatic carbocycles. The fourth-order valence-electron chi connectivity index (χ4n) is 2.07. The van der Waals surface area contributed by atoms with E-state index in [2.05, 4.69) is 15.9 Å². The van der Waals surface area contributed by atoms with E-state index in [0.29, 0.717) is 15.8 Å². The second kappa shape index (κ2) is 6.54. The highest BCUT2D eigenvalue weighted by Crippen LogP contribution is 2.38. The van der Waals surface area contributed by atoms with Crippen LogP contribution in [0.1, 0.15) is 43.7 Å². The lowest BCUT2D eigenvalue weighted by Gasteiger charge is -2.29. The molecule has 0 amide bonds. The molecule has 1 aromatic rings. The van der Waals surface area contributed by atoms with Gasteiger partial charge in [0, 0.05) is 18.0 Å². The zero-order chi connectivity index (χ0) is 14.7. The van der Waals surface area contributed by atoms with Gasteiger partial charge in [0.2, 0.25) is 0 Å². The third-order valence-corrected chi connectivity index (χ3v) is 4.03. The fraction of sp³-hybridized carbons (Fsp3) is 0.500. The quantitative estimate of drug-likeness (QED) is 0.828. The van der Waals surface area contributed by atoms with Gasteiger partial charge in [0.15, 0.2) is 0 Å². The van der Waals surface area contributed by atoms with Gasteiger partial charge in [0.05, 0.1) is 10.6 Å². The smallest absolute Gasteiger partial charge is 0.303 e. The van der Waals surface area contributed by atoms with E-state index in [1.807, 2.05) is 0 Å². The Morgan fingerprint density at radius 2 is 2.25 bits per heavy atom. The first-order valence-electron chi connectivity index (χ1n) is 6.60. The largest absolute Gasteiger partial charge is 0.489 e. The van der Waals surface area contributed by atoms with E-state index in [-0.39, 0.29) is 18.9 Å². The predicted molar refractivity (Wildman–Crippen MR) is 76.2 cm³/mol. The summed E-state index contributed by atoms with van der Waals surface area (Å²) in [6.07, 6.45) is 3.41. The van der Waals surface area contributed by atoms with Gasteiger partial charge in [-0.05, 0) is 53.7 Å². The molecule has 4 nitrogen and oxygen atoms in total. The molecule has 1 saturated carbocycles. The van der Waals surface area contributed by atoms with Crippen molar-refractivity contribution in [3.8, 4) is 5.75 Å². The SMILES string of the molecule is NC(CCC(=O)O)c1cc(F)cc(Br)c1OC1CCC1. The number of hydrogen-bond acceptors (Lipinski definition) is 3. The zero-order valence-corrected chi connectivity index (χ0v) is 12.5. The molecule has 0 spiro atoms. The van der Waals surface area contributed by atoms with Crippen LogP contribution in [0.3, 0.4) is 0 Å². The van der Waals surface area contributed by atoms with E-state index in [1.165, 1.54) is 12.1 Å². The summed E-state index contributed by atoms with van der Waals surface area (Å²) in [5, 5.41) is 8.71. The van der Waals surface area contributed by atoms with Crippen LogP contribution in [0.2, 0.25) is 0 Å². The highest BCUT2D eigenvalue weighted by molar-refractivity contribution is 9.10. The summed E-state index contributed by atoms with van der Waals surface area (Å²) >= 11 is 3.29. The van der Waals surface area contributed by atoms with Gasteiger partial charge in [-0.1, -0.05) is 0 Å². The van der Waals surface area contributed by atoms with E-state index in [4.69, 9.17) is 15.6 Å². The van der Waals surface area contributed by atoms with Gasteiger partial charge in [0.1, 0.15) is 11.6 Å². The van der Waals surface area contributed by atoms with Crippen LogP contribution in [0.5, 0.6) is 5.75 Å². The fourth-order valence-corrected chi connectivity index (χ4v) is 2.61.